The van der Waals surface area contributed by atoms with Crippen molar-refractivity contribution >= 4 is 22.6 Å². The van der Waals surface area contributed by atoms with Crippen LogP contribution in [0.5, 0.6) is 5.75 Å². The molecule has 0 unspecified atom stereocenters. The van der Waals surface area contributed by atoms with Gasteiger partial charge in [0, 0.05) is 6.07 Å². The van der Waals surface area contributed by atoms with Gasteiger partial charge in [-0.3, -0.25) is 4.57 Å². The Kier molecular flexibility index (Phi) is 2.38. The Labute approximate surface area is 107 Å². The van der Waals surface area contributed by atoms with E-state index in [2.05, 4.69) is 4.98 Å². The number of phenolic OH excluding ortho intramolecular Hbond substituents is 1. The fourth-order valence-electron chi connectivity index (χ4n) is 1.97. The average Bonchev–Trinajstić information content (AvgIpc) is 2.65. The number of imidazole rings is 1. The van der Waals surface area contributed by atoms with E-state index in [1.54, 1.807) is 24.3 Å². The van der Waals surface area contributed by atoms with Crippen LogP contribution in [0.2, 0.25) is 5.02 Å². The number of aromatic amines is 1. The normalized spacial score (nSPS) is 10.9. The van der Waals surface area contributed by atoms with Gasteiger partial charge in [-0.1, -0.05) is 23.7 Å². The third kappa shape index (κ3) is 1.58. The molecule has 0 aliphatic rings. The van der Waals surface area contributed by atoms with Crippen molar-refractivity contribution in [3.05, 3.63) is 58.0 Å². The number of hydrogen-bond donors (Lipinski definition) is 2. The molecule has 5 heteroatoms. The van der Waals surface area contributed by atoms with E-state index in [1.807, 2.05) is 6.07 Å². The number of para-hydroxylation sites is 1. The molecule has 1 aromatic heterocycles. The minimum absolute atomic E-state index is 0.107. The number of aromatic nitrogens is 2. The first-order valence-electron chi connectivity index (χ1n) is 5.35. The fraction of sp³-hybridized carbons (Fsp3) is 0. The summed E-state index contributed by atoms with van der Waals surface area (Å²) < 4.78 is 1.48. The molecule has 0 saturated heterocycles. The van der Waals surface area contributed by atoms with E-state index in [0.29, 0.717) is 21.7 Å². The van der Waals surface area contributed by atoms with Crippen LogP contribution < -0.4 is 5.69 Å². The number of halogens is 1. The van der Waals surface area contributed by atoms with Crippen molar-refractivity contribution in [2.24, 2.45) is 0 Å². The maximum Gasteiger partial charge on any atom is 0.331 e. The smallest absolute Gasteiger partial charge is 0.331 e. The van der Waals surface area contributed by atoms with Crippen LogP contribution in [0.3, 0.4) is 0 Å². The number of phenols is 1. The molecule has 2 aromatic carbocycles. The Hall–Kier alpha value is -2.20. The minimum atomic E-state index is -0.288. The number of rotatable bonds is 1. The zero-order chi connectivity index (χ0) is 12.7. The molecule has 0 amide bonds. The van der Waals surface area contributed by atoms with Crippen molar-refractivity contribution in [3.63, 3.8) is 0 Å². The molecule has 0 atom stereocenters. The summed E-state index contributed by atoms with van der Waals surface area (Å²) in [5, 5.41) is 9.89. The van der Waals surface area contributed by atoms with Crippen LogP contribution in [0.1, 0.15) is 0 Å². The summed E-state index contributed by atoms with van der Waals surface area (Å²) in [6.07, 6.45) is 0. The predicted molar refractivity (Wildman–Crippen MR) is 70.6 cm³/mol. The molecule has 1 heterocycles. The summed E-state index contributed by atoms with van der Waals surface area (Å²) in [5.74, 6) is 0.107. The summed E-state index contributed by atoms with van der Waals surface area (Å²) in [6.45, 7) is 0. The molecule has 18 heavy (non-hydrogen) atoms. The molecular weight excluding hydrogens is 252 g/mol. The summed E-state index contributed by atoms with van der Waals surface area (Å²) in [5.41, 5.74) is 1.57. The zero-order valence-electron chi connectivity index (χ0n) is 9.22. The maximum absolute atomic E-state index is 12.0. The monoisotopic (exact) mass is 260 g/mol. The van der Waals surface area contributed by atoms with Gasteiger partial charge in [0.15, 0.2) is 0 Å². The Morgan fingerprint density at radius 2 is 1.94 bits per heavy atom. The third-order valence-electron chi connectivity index (χ3n) is 2.76. The van der Waals surface area contributed by atoms with Crippen molar-refractivity contribution < 1.29 is 5.11 Å². The Morgan fingerprint density at radius 1 is 1.17 bits per heavy atom. The van der Waals surface area contributed by atoms with Crippen LogP contribution in [0.4, 0.5) is 0 Å². The highest BCUT2D eigenvalue weighted by atomic mass is 35.5. The van der Waals surface area contributed by atoms with Gasteiger partial charge in [-0.05, 0) is 24.3 Å². The van der Waals surface area contributed by atoms with Crippen molar-refractivity contribution in [2.75, 3.05) is 0 Å². The summed E-state index contributed by atoms with van der Waals surface area (Å²) in [7, 11) is 0. The minimum Gasteiger partial charge on any atom is -0.508 e. The van der Waals surface area contributed by atoms with Crippen molar-refractivity contribution in [3.8, 4) is 11.4 Å². The molecule has 0 radical (unpaired) electrons. The molecule has 0 saturated carbocycles. The van der Waals surface area contributed by atoms with E-state index < -0.39 is 0 Å². The lowest BCUT2D eigenvalue weighted by Crippen LogP contribution is -2.14. The van der Waals surface area contributed by atoms with Crippen LogP contribution in [0, 0.1) is 0 Å². The molecule has 0 aliphatic carbocycles. The van der Waals surface area contributed by atoms with Gasteiger partial charge in [0.2, 0.25) is 0 Å². The van der Waals surface area contributed by atoms with Crippen LogP contribution in [-0.4, -0.2) is 14.7 Å². The lowest BCUT2D eigenvalue weighted by Gasteiger charge is -2.05. The van der Waals surface area contributed by atoms with E-state index in [9.17, 15) is 9.90 Å². The van der Waals surface area contributed by atoms with Crippen molar-refractivity contribution in [1.82, 2.24) is 9.55 Å². The molecule has 3 aromatic rings. The SMILES string of the molecule is O=c1[nH]c2cc(O)ccc2n1-c1ccccc1Cl. The molecular formula is C13H9ClN2O2. The number of H-pyrrole nitrogens is 1. The van der Waals surface area contributed by atoms with Crippen molar-refractivity contribution in [2.45, 2.75) is 0 Å². The Morgan fingerprint density at radius 3 is 2.72 bits per heavy atom. The van der Waals surface area contributed by atoms with E-state index in [4.69, 9.17) is 11.6 Å². The topological polar surface area (TPSA) is 58.0 Å². The molecule has 0 fully saturated rings. The first kappa shape index (κ1) is 10.9. The highest BCUT2D eigenvalue weighted by Gasteiger charge is 2.11. The van der Waals surface area contributed by atoms with E-state index in [-0.39, 0.29) is 11.4 Å². The Balaban J connectivity index is 2.40. The number of hydrogen-bond acceptors (Lipinski definition) is 2. The zero-order valence-corrected chi connectivity index (χ0v) is 9.98. The van der Waals surface area contributed by atoms with Gasteiger partial charge in [-0.15, -0.1) is 0 Å². The lowest BCUT2D eigenvalue weighted by atomic mass is 10.2. The standard InChI is InChI=1S/C13H9ClN2O2/c14-9-3-1-2-4-11(9)16-12-6-5-8(17)7-10(12)15-13(16)18/h1-7,17H,(H,15,18). The van der Waals surface area contributed by atoms with Crippen molar-refractivity contribution in [1.29, 1.82) is 0 Å². The van der Waals surface area contributed by atoms with Gasteiger partial charge >= 0.3 is 5.69 Å². The van der Waals surface area contributed by atoms with Gasteiger partial charge in [-0.25, -0.2) is 4.79 Å². The van der Waals surface area contributed by atoms with E-state index in [1.165, 1.54) is 16.7 Å². The van der Waals surface area contributed by atoms with Gasteiger partial charge < -0.3 is 10.1 Å². The second kappa shape index (κ2) is 3.92. The van der Waals surface area contributed by atoms with Crippen LogP contribution in [0.25, 0.3) is 16.7 Å². The predicted octanol–water partition coefficient (Wildman–Crippen LogP) is 2.68. The highest BCUT2D eigenvalue weighted by molar-refractivity contribution is 6.32. The van der Waals surface area contributed by atoms with E-state index in [0.717, 1.165) is 0 Å². The lowest BCUT2D eigenvalue weighted by molar-refractivity contribution is 0.476. The maximum atomic E-state index is 12.0. The summed E-state index contributed by atoms with van der Waals surface area (Å²) in [6, 6.07) is 11.8. The van der Waals surface area contributed by atoms with Gasteiger partial charge in [0.1, 0.15) is 5.75 Å². The first-order chi connectivity index (χ1) is 8.66. The molecule has 0 aliphatic heterocycles. The third-order valence-corrected chi connectivity index (χ3v) is 3.08. The fourth-order valence-corrected chi connectivity index (χ4v) is 2.19. The van der Waals surface area contributed by atoms with Crippen LogP contribution in [-0.2, 0) is 0 Å². The second-order valence-electron chi connectivity index (χ2n) is 3.92. The van der Waals surface area contributed by atoms with Crippen LogP contribution in [0.15, 0.2) is 47.3 Å². The van der Waals surface area contributed by atoms with Gasteiger partial charge in [0.25, 0.3) is 0 Å². The summed E-state index contributed by atoms with van der Waals surface area (Å²) in [4.78, 5) is 14.7. The molecule has 0 spiro atoms. The number of benzene rings is 2. The van der Waals surface area contributed by atoms with E-state index >= 15 is 0 Å². The number of aromatic hydroxyl groups is 1. The first-order valence-corrected chi connectivity index (χ1v) is 5.73. The molecule has 90 valence electrons. The molecule has 3 rings (SSSR count). The molecule has 2 N–H and O–H groups in total. The number of nitrogens with zero attached hydrogens (tertiary/aromatic N) is 1. The highest BCUT2D eigenvalue weighted by Crippen LogP contribution is 2.24. The number of fused-ring (bicyclic) bond motifs is 1. The largest absolute Gasteiger partial charge is 0.508 e. The quantitative estimate of drug-likeness (QED) is 0.707. The molecule has 0 bridgehead atoms. The van der Waals surface area contributed by atoms with Gasteiger partial charge in [-0.2, -0.15) is 0 Å². The van der Waals surface area contributed by atoms with Gasteiger partial charge in [0.05, 0.1) is 21.7 Å². The average molecular weight is 261 g/mol. The summed E-state index contributed by atoms with van der Waals surface area (Å²) >= 11 is 6.10. The second-order valence-corrected chi connectivity index (χ2v) is 4.33. The number of nitrogens with one attached hydrogen (secondary N) is 1. The van der Waals surface area contributed by atoms with Crippen LogP contribution >= 0.6 is 11.6 Å². The molecule has 4 nitrogen and oxygen atoms in total. The Bertz CT molecular complexity index is 789.